The van der Waals surface area contributed by atoms with Gasteiger partial charge in [0, 0.05) is 20.1 Å². The average molecular weight is 243 g/mol. The number of carboxylic acids is 1. The predicted octanol–water partition coefficient (Wildman–Crippen LogP) is 0.165. The minimum absolute atomic E-state index is 0.0762. The number of nitrogens with zero attached hydrogens (tertiary/aromatic N) is 3. The van der Waals surface area contributed by atoms with Gasteiger partial charge in [0.15, 0.2) is 5.82 Å². The average Bonchev–Trinajstić information content (AvgIpc) is 2.73. The Kier molecular flexibility index (Phi) is 5.58. The largest absolute Gasteiger partial charge is 0.480 e. The normalized spacial score (nSPS) is 11.0. The summed E-state index contributed by atoms with van der Waals surface area (Å²) < 4.78 is 9.93. The van der Waals surface area contributed by atoms with Crippen molar-refractivity contribution in [3.63, 3.8) is 0 Å². The minimum Gasteiger partial charge on any atom is -0.480 e. The van der Waals surface area contributed by atoms with Crippen molar-refractivity contribution in [2.75, 3.05) is 26.8 Å². The van der Waals surface area contributed by atoms with Gasteiger partial charge in [-0.2, -0.15) is 4.98 Å². The van der Waals surface area contributed by atoms with E-state index in [2.05, 4.69) is 10.1 Å². The Hall–Kier alpha value is -1.47. The molecule has 0 bridgehead atoms. The molecule has 1 aromatic rings. The van der Waals surface area contributed by atoms with Crippen LogP contribution in [0.2, 0.25) is 0 Å². The van der Waals surface area contributed by atoms with Gasteiger partial charge in [0.1, 0.15) is 0 Å². The maximum absolute atomic E-state index is 10.7. The summed E-state index contributed by atoms with van der Waals surface area (Å²) >= 11 is 0. The number of hydrogen-bond acceptors (Lipinski definition) is 6. The van der Waals surface area contributed by atoms with Crippen molar-refractivity contribution in [2.45, 2.75) is 19.9 Å². The molecule has 1 aromatic heterocycles. The second kappa shape index (κ2) is 6.97. The molecule has 0 aliphatic heterocycles. The molecule has 0 saturated carbocycles. The van der Waals surface area contributed by atoms with Gasteiger partial charge in [0.05, 0.1) is 19.7 Å². The third kappa shape index (κ3) is 4.92. The number of ether oxygens (including phenoxy) is 1. The first-order valence-electron chi connectivity index (χ1n) is 5.40. The summed E-state index contributed by atoms with van der Waals surface area (Å²) in [5.74, 6) is 0.164. The van der Waals surface area contributed by atoms with Crippen LogP contribution in [0.15, 0.2) is 4.52 Å². The number of methoxy groups -OCH3 is 1. The number of aryl methyl sites for hydroxylation is 1. The van der Waals surface area contributed by atoms with E-state index in [1.807, 2.05) is 6.92 Å². The van der Waals surface area contributed by atoms with E-state index in [0.717, 1.165) is 0 Å². The summed E-state index contributed by atoms with van der Waals surface area (Å²) in [6.45, 7) is 3.14. The van der Waals surface area contributed by atoms with Gasteiger partial charge in [-0.25, -0.2) is 0 Å². The van der Waals surface area contributed by atoms with Crippen LogP contribution in [0.4, 0.5) is 0 Å². The van der Waals surface area contributed by atoms with Crippen molar-refractivity contribution < 1.29 is 19.2 Å². The van der Waals surface area contributed by atoms with Crippen LogP contribution in [0.25, 0.3) is 0 Å². The van der Waals surface area contributed by atoms with Gasteiger partial charge >= 0.3 is 5.97 Å². The van der Waals surface area contributed by atoms with Crippen molar-refractivity contribution in [3.05, 3.63) is 11.7 Å². The van der Waals surface area contributed by atoms with Crippen LogP contribution in [-0.2, 0) is 22.5 Å². The molecule has 0 aromatic carbocycles. The first-order valence-corrected chi connectivity index (χ1v) is 5.40. The lowest BCUT2D eigenvalue weighted by Gasteiger charge is -2.17. The molecule has 0 radical (unpaired) electrons. The van der Waals surface area contributed by atoms with Gasteiger partial charge in [0.2, 0.25) is 5.89 Å². The molecule has 1 N–H and O–H groups in total. The molecule has 7 heteroatoms. The highest BCUT2D eigenvalue weighted by Crippen LogP contribution is 2.03. The fourth-order valence-corrected chi connectivity index (χ4v) is 1.31. The molecule has 0 spiro atoms. The second-order valence-corrected chi connectivity index (χ2v) is 3.56. The Morgan fingerprint density at radius 1 is 1.59 bits per heavy atom. The van der Waals surface area contributed by atoms with Crippen LogP contribution in [-0.4, -0.2) is 52.9 Å². The molecule has 0 saturated heterocycles. The predicted molar refractivity (Wildman–Crippen MR) is 58.5 cm³/mol. The summed E-state index contributed by atoms with van der Waals surface area (Å²) in [6.07, 6.45) is 0.695. The molecule has 0 aliphatic carbocycles. The maximum atomic E-state index is 10.7. The molecule has 1 rings (SSSR count). The van der Waals surface area contributed by atoms with Crippen LogP contribution >= 0.6 is 0 Å². The molecule has 7 nitrogen and oxygen atoms in total. The minimum atomic E-state index is -0.892. The van der Waals surface area contributed by atoms with Gasteiger partial charge in [-0.15, -0.1) is 0 Å². The van der Waals surface area contributed by atoms with E-state index in [-0.39, 0.29) is 6.54 Å². The number of carbonyl (C=O) groups is 1. The molecular weight excluding hydrogens is 226 g/mol. The van der Waals surface area contributed by atoms with E-state index in [4.69, 9.17) is 14.4 Å². The Morgan fingerprint density at radius 2 is 2.35 bits per heavy atom. The molecule has 1 heterocycles. The van der Waals surface area contributed by atoms with Gasteiger partial charge in [-0.3, -0.25) is 9.69 Å². The van der Waals surface area contributed by atoms with Gasteiger partial charge in [-0.1, -0.05) is 12.1 Å². The highest BCUT2D eigenvalue weighted by atomic mass is 16.5. The Labute approximate surface area is 99.4 Å². The van der Waals surface area contributed by atoms with E-state index in [1.165, 1.54) is 0 Å². The van der Waals surface area contributed by atoms with Gasteiger partial charge < -0.3 is 14.4 Å². The van der Waals surface area contributed by atoms with Crippen molar-refractivity contribution in [1.29, 1.82) is 0 Å². The molecule has 0 atom stereocenters. The smallest absolute Gasteiger partial charge is 0.317 e. The Morgan fingerprint density at radius 3 is 2.88 bits per heavy atom. The molecular formula is C10H17N3O4. The molecule has 0 aliphatic rings. The van der Waals surface area contributed by atoms with E-state index in [0.29, 0.717) is 37.8 Å². The number of hydrogen-bond donors (Lipinski definition) is 1. The molecule has 17 heavy (non-hydrogen) atoms. The monoisotopic (exact) mass is 243 g/mol. The third-order valence-electron chi connectivity index (χ3n) is 2.16. The van der Waals surface area contributed by atoms with Crippen LogP contribution in [0.1, 0.15) is 18.6 Å². The zero-order chi connectivity index (χ0) is 12.7. The lowest BCUT2D eigenvalue weighted by atomic mass is 10.4. The van der Waals surface area contributed by atoms with Crippen molar-refractivity contribution in [3.8, 4) is 0 Å². The number of aromatic nitrogens is 2. The zero-order valence-corrected chi connectivity index (χ0v) is 10.0. The molecule has 0 unspecified atom stereocenters. The SMILES string of the molecule is CCc1noc(CN(CCOC)CC(=O)O)n1. The van der Waals surface area contributed by atoms with E-state index in [1.54, 1.807) is 12.0 Å². The number of rotatable bonds is 8. The number of aliphatic carboxylic acids is 1. The second-order valence-electron chi connectivity index (χ2n) is 3.56. The summed E-state index contributed by atoms with van der Waals surface area (Å²) in [7, 11) is 1.57. The third-order valence-corrected chi connectivity index (χ3v) is 2.16. The highest BCUT2D eigenvalue weighted by Gasteiger charge is 2.14. The summed E-state index contributed by atoms with van der Waals surface area (Å²) in [5.41, 5.74) is 0. The number of carboxylic acid groups (broad SMARTS) is 1. The zero-order valence-electron chi connectivity index (χ0n) is 10.0. The fraction of sp³-hybridized carbons (Fsp3) is 0.700. The summed E-state index contributed by atoms with van der Waals surface area (Å²) in [5, 5.41) is 12.5. The summed E-state index contributed by atoms with van der Waals surface area (Å²) in [6, 6.07) is 0. The van der Waals surface area contributed by atoms with Crippen LogP contribution in [0, 0.1) is 0 Å². The van der Waals surface area contributed by atoms with Crippen molar-refractivity contribution in [2.24, 2.45) is 0 Å². The Balaban J connectivity index is 2.54. The fourth-order valence-electron chi connectivity index (χ4n) is 1.31. The van der Waals surface area contributed by atoms with E-state index < -0.39 is 5.97 Å². The Bertz CT molecular complexity index is 353. The van der Waals surface area contributed by atoms with Crippen LogP contribution in [0.5, 0.6) is 0 Å². The first-order chi connectivity index (χ1) is 8.15. The van der Waals surface area contributed by atoms with E-state index in [9.17, 15) is 4.79 Å². The van der Waals surface area contributed by atoms with Gasteiger partial charge in [-0.05, 0) is 0 Å². The quantitative estimate of drug-likeness (QED) is 0.695. The van der Waals surface area contributed by atoms with Crippen LogP contribution < -0.4 is 0 Å². The van der Waals surface area contributed by atoms with Crippen molar-refractivity contribution >= 4 is 5.97 Å². The lowest BCUT2D eigenvalue weighted by molar-refractivity contribution is -0.138. The maximum Gasteiger partial charge on any atom is 0.317 e. The van der Waals surface area contributed by atoms with E-state index >= 15 is 0 Å². The topological polar surface area (TPSA) is 88.7 Å². The van der Waals surface area contributed by atoms with Crippen LogP contribution in [0.3, 0.4) is 0 Å². The summed E-state index contributed by atoms with van der Waals surface area (Å²) in [4.78, 5) is 16.5. The lowest BCUT2D eigenvalue weighted by Crippen LogP contribution is -2.32. The first kappa shape index (κ1) is 13.6. The van der Waals surface area contributed by atoms with Crippen molar-refractivity contribution in [1.82, 2.24) is 15.0 Å². The molecule has 0 amide bonds. The highest BCUT2D eigenvalue weighted by molar-refractivity contribution is 5.69. The molecule has 96 valence electrons. The molecule has 0 fully saturated rings. The van der Waals surface area contributed by atoms with Gasteiger partial charge in [0.25, 0.3) is 0 Å². The standard InChI is InChI=1S/C10H17N3O4/c1-3-8-11-9(17-12-8)6-13(4-5-16-2)7-10(14)15/h3-7H2,1-2H3,(H,14,15).